The Kier molecular flexibility index (Phi) is 3.71. The Morgan fingerprint density at radius 2 is 2.29 bits per heavy atom. The van der Waals surface area contributed by atoms with Gasteiger partial charge >= 0.3 is 0 Å². The van der Waals surface area contributed by atoms with Gasteiger partial charge in [0.2, 0.25) is 11.8 Å². The van der Waals surface area contributed by atoms with Crippen molar-refractivity contribution in [3.8, 4) is 0 Å². The minimum atomic E-state index is -0.581. The summed E-state index contributed by atoms with van der Waals surface area (Å²) in [5.41, 5.74) is 5.38. The van der Waals surface area contributed by atoms with E-state index in [1.807, 2.05) is 13.8 Å². The second-order valence-corrected chi connectivity index (χ2v) is 6.73. The summed E-state index contributed by atoms with van der Waals surface area (Å²) in [7, 11) is 0. The Labute approximate surface area is 124 Å². The molecule has 7 nitrogen and oxygen atoms in total. The molecule has 2 saturated heterocycles. The molecule has 0 aromatic carbocycles. The number of piperidine rings is 2. The molecule has 1 aromatic rings. The molecule has 2 fully saturated rings. The van der Waals surface area contributed by atoms with Gasteiger partial charge in [-0.25, -0.2) is 0 Å². The molecule has 21 heavy (non-hydrogen) atoms. The molecule has 1 aromatic heterocycles. The molecule has 3 rings (SSSR count). The van der Waals surface area contributed by atoms with E-state index in [1.54, 1.807) is 0 Å². The van der Waals surface area contributed by atoms with Gasteiger partial charge in [-0.1, -0.05) is 5.16 Å². The smallest absolute Gasteiger partial charge is 0.240 e. The van der Waals surface area contributed by atoms with Crippen molar-refractivity contribution in [2.45, 2.75) is 51.2 Å². The molecule has 0 radical (unpaired) electrons. The van der Waals surface area contributed by atoms with Crippen LogP contribution in [0.3, 0.4) is 0 Å². The maximum Gasteiger partial charge on any atom is 0.240 e. The summed E-state index contributed by atoms with van der Waals surface area (Å²) in [6.45, 7) is 6.27. The topological polar surface area (TPSA) is 97.3 Å². The van der Waals surface area contributed by atoms with Crippen LogP contribution in [0.4, 0.5) is 0 Å². The minimum absolute atomic E-state index is 0.191. The van der Waals surface area contributed by atoms with Gasteiger partial charge in [-0.05, 0) is 32.6 Å². The van der Waals surface area contributed by atoms with E-state index < -0.39 is 5.54 Å². The molecule has 0 saturated carbocycles. The van der Waals surface area contributed by atoms with Crippen LogP contribution in [0.2, 0.25) is 0 Å². The molecule has 0 bridgehead atoms. The van der Waals surface area contributed by atoms with Crippen molar-refractivity contribution in [1.29, 1.82) is 0 Å². The van der Waals surface area contributed by atoms with E-state index in [1.165, 1.54) is 0 Å². The molecule has 0 aliphatic carbocycles. The summed E-state index contributed by atoms with van der Waals surface area (Å²) < 4.78 is 5.29. The normalized spacial score (nSPS) is 27.3. The van der Waals surface area contributed by atoms with E-state index in [0.29, 0.717) is 36.6 Å². The van der Waals surface area contributed by atoms with Crippen molar-refractivity contribution in [3.05, 3.63) is 11.7 Å². The van der Waals surface area contributed by atoms with Crippen LogP contribution < -0.4 is 11.1 Å². The number of hydrogen-bond acceptors (Lipinski definition) is 6. The fourth-order valence-electron chi connectivity index (χ4n) is 3.10. The molecule has 3 heterocycles. The van der Waals surface area contributed by atoms with Gasteiger partial charge in [0.25, 0.3) is 0 Å². The van der Waals surface area contributed by atoms with Gasteiger partial charge < -0.3 is 15.6 Å². The Morgan fingerprint density at radius 3 is 3.00 bits per heavy atom. The number of aromatic nitrogens is 2. The first-order valence-corrected chi connectivity index (χ1v) is 7.55. The van der Waals surface area contributed by atoms with Crippen LogP contribution in [0.25, 0.3) is 0 Å². The van der Waals surface area contributed by atoms with E-state index in [9.17, 15) is 4.79 Å². The van der Waals surface area contributed by atoms with Crippen molar-refractivity contribution in [1.82, 2.24) is 20.4 Å². The van der Waals surface area contributed by atoms with Crippen LogP contribution in [0.5, 0.6) is 0 Å². The first-order valence-electron chi connectivity index (χ1n) is 7.55. The van der Waals surface area contributed by atoms with Gasteiger partial charge in [0.15, 0.2) is 5.82 Å². The average Bonchev–Trinajstić information content (AvgIpc) is 2.87. The lowest BCUT2D eigenvalue weighted by Crippen LogP contribution is -2.53. The Hall–Kier alpha value is -1.47. The molecule has 2 atom stereocenters. The number of hydrogen-bond donors (Lipinski definition) is 2. The van der Waals surface area contributed by atoms with Crippen molar-refractivity contribution < 1.29 is 9.32 Å². The molecule has 2 aliphatic heterocycles. The van der Waals surface area contributed by atoms with E-state index in [0.717, 1.165) is 25.9 Å². The molecule has 1 amide bonds. The number of likely N-dealkylation sites (tertiary alicyclic amines) is 1. The molecule has 7 heteroatoms. The van der Waals surface area contributed by atoms with Gasteiger partial charge in [0.05, 0.1) is 12.1 Å². The average molecular weight is 293 g/mol. The third-order valence-electron chi connectivity index (χ3n) is 4.31. The molecule has 116 valence electrons. The fourth-order valence-corrected chi connectivity index (χ4v) is 3.10. The number of nitrogens with one attached hydrogen (secondary N) is 1. The molecule has 3 N–H and O–H groups in total. The van der Waals surface area contributed by atoms with Crippen LogP contribution >= 0.6 is 0 Å². The van der Waals surface area contributed by atoms with Crippen LogP contribution in [-0.2, 0) is 16.9 Å². The SMILES string of the molecule is CC(C)(N)c1noc(CN2CCC3NC(=O)CCC3C2)n1. The predicted molar refractivity (Wildman–Crippen MR) is 76.1 cm³/mol. The van der Waals surface area contributed by atoms with Crippen LogP contribution in [0, 0.1) is 5.92 Å². The molecular formula is C14H23N5O2. The van der Waals surface area contributed by atoms with E-state index in [-0.39, 0.29) is 5.91 Å². The summed E-state index contributed by atoms with van der Waals surface area (Å²) in [6, 6.07) is 0.337. The molecule has 2 unspecified atom stereocenters. The highest BCUT2D eigenvalue weighted by Crippen LogP contribution is 2.26. The molecular weight excluding hydrogens is 270 g/mol. The fraction of sp³-hybridized carbons (Fsp3) is 0.786. The van der Waals surface area contributed by atoms with Gasteiger partial charge in [-0.15, -0.1) is 0 Å². The van der Waals surface area contributed by atoms with Gasteiger partial charge in [-0.3, -0.25) is 9.69 Å². The molecule has 0 spiro atoms. The van der Waals surface area contributed by atoms with Crippen LogP contribution in [-0.4, -0.2) is 40.1 Å². The second-order valence-electron chi connectivity index (χ2n) is 6.73. The van der Waals surface area contributed by atoms with Crippen molar-refractivity contribution in [3.63, 3.8) is 0 Å². The standard InChI is InChI=1S/C14H23N5O2/c1-14(2,15)13-17-12(21-18-13)8-19-6-5-10-9(7-19)3-4-11(20)16-10/h9-10H,3-8,15H2,1-2H3,(H,16,20). The Bertz CT molecular complexity index is 522. The zero-order chi connectivity index (χ0) is 15.0. The Balaban J connectivity index is 1.59. The van der Waals surface area contributed by atoms with Gasteiger partial charge in [-0.2, -0.15) is 4.98 Å². The second kappa shape index (κ2) is 5.38. The lowest BCUT2D eigenvalue weighted by molar-refractivity contribution is -0.125. The number of fused-ring (bicyclic) bond motifs is 1. The summed E-state index contributed by atoms with van der Waals surface area (Å²) in [5.74, 6) is 1.88. The van der Waals surface area contributed by atoms with E-state index in [4.69, 9.17) is 10.3 Å². The highest BCUT2D eigenvalue weighted by Gasteiger charge is 2.34. The van der Waals surface area contributed by atoms with E-state index >= 15 is 0 Å². The quantitative estimate of drug-likeness (QED) is 0.835. The third kappa shape index (κ3) is 3.24. The van der Waals surface area contributed by atoms with Crippen molar-refractivity contribution >= 4 is 5.91 Å². The van der Waals surface area contributed by atoms with Crippen LogP contribution in [0.1, 0.15) is 44.8 Å². The first kappa shape index (κ1) is 14.5. The molecule has 2 aliphatic rings. The maximum atomic E-state index is 11.4. The third-order valence-corrected chi connectivity index (χ3v) is 4.31. The first-order chi connectivity index (χ1) is 9.91. The number of nitrogens with zero attached hydrogens (tertiary/aromatic N) is 3. The summed E-state index contributed by atoms with van der Waals surface area (Å²) in [4.78, 5) is 18.1. The number of amides is 1. The number of carbonyl (C=O) groups is 1. The lowest BCUT2D eigenvalue weighted by Gasteiger charge is -2.40. The van der Waals surface area contributed by atoms with E-state index in [2.05, 4.69) is 20.4 Å². The summed E-state index contributed by atoms with van der Waals surface area (Å²) >= 11 is 0. The van der Waals surface area contributed by atoms with Crippen LogP contribution in [0.15, 0.2) is 4.52 Å². The number of nitrogens with two attached hydrogens (primary N) is 1. The zero-order valence-electron chi connectivity index (χ0n) is 12.6. The summed E-state index contributed by atoms with van der Waals surface area (Å²) in [6.07, 6.45) is 2.60. The monoisotopic (exact) mass is 293 g/mol. The highest BCUT2D eigenvalue weighted by molar-refractivity contribution is 5.77. The van der Waals surface area contributed by atoms with Gasteiger partial charge in [0, 0.05) is 25.6 Å². The summed E-state index contributed by atoms with van der Waals surface area (Å²) in [5, 5.41) is 7.04. The Morgan fingerprint density at radius 1 is 1.48 bits per heavy atom. The number of rotatable bonds is 3. The lowest BCUT2D eigenvalue weighted by atomic mass is 9.85. The highest BCUT2D eigenvalue weighted by atomic mass is 16.5. The minimum Gasteiger partial charge on any atom is -0.353 e. The van der Waals surface area contributed by atoms with Crippen molar-refractivity contribution in [2.24, 2.45) is 11.7 Å². The maximum absolute atomic E-state index is 11.4. The zero-order valence-corrected chi connectivity index (χ0v) is 12.6. The van der Waals surface area contributed by atoms with Crippen molar-refractivity contribution in [2.75, 3.05) is 13.1 Å². The largest absolute Gasteiger partial charge is 0.353 e. The number of carbonyl (C=O) groups excluding carboxylic acids is 1. The predicted octanol–water partition coefficient (Wildman–Crippen LogP) is 0.364. The van der Waals surface area contributed by atoms with Gasteiger partial charge in [0.1, 0.15) is 0 Å².